The van der Waals surface area contributed by atoms with E-state index in [0.29, 0.717) is 5.92 Å². The van der Waals surface area contributed by atoms with Gasteiger partial charge >= 0.3 is 0 Å². The first-order valence-corrected chi connectivity index (χ1v) is 7.45. The Morgan fingerprint density at radius 2 is 1.95 bits per heavy atom. The Bertz CT molecular complexity index is 614. The van der Waals surface area contributed by atoms with Crippen LogP contribution in [0, 0.1) is 5.82 Å². The maximum atomic E-state index is 13.8. The molecule has 1 aliphatic heterocycles. The number of benzene rings is 2. The maximum Gasteiger partial charge on any atom is 0.127 e. The first-order valence-electron chi connectivity index (χ1n) is 7.45. The van der Waals surface area contributed by atoms with Gasteiger partial charge in [0.15, 0.2) is 0 Å². The lowest BCUT2D eigenvalue weighted by molar-refractivity contribution is 0.262. The van der Waals surface area contributed by atoms with Crippen LogP contribution < -0.4 is 10.1 Å². The minimum Gasteiger partial charge on any atom is -0.493 e. The second-order valence-electron chi connectivity index (χ2n) is 5.52. The first-order chi connectivity index (χ1) is 10.3. The third-order valence-electron chi connectivity index (χ3n) is 4.12. The van der Waals surface area contributed by atoms with Gasteiger partial charge in [0, 0.05) is 24.1 Å². The summed E-state index contributed by atoms with van der Waals surface area (Å²) < 4.78 is 19.5. The van der Waals surface area contributed by atoms with Crippen molar-refractivity contribution in [2.75, 3.05) is 13.2 Å². The molecule has 1 unspecified atom stereocenters. The second kappa shape index (κ2) is 6.27. The van der Waals surface area contributed by atoms with E-state index in [-0.39, 0.29) is 11.9 Å². The molecule has 3 rings (SSSR count). The fourth-order valence-corrected chi connectivity index (χ4v) is 2.88. The molecular weight excluding hydrogens is 265 g/mol. The summed E-state index contributed by atoms with van der Waals surface area (Å²) in [5.41, 5.74) is 1.97. The van der Waals surface area contributed by atoms with Crippen LogP contribution in [0.5, 0.6) is 5.75 Å². The van der Waals surface area contributed by atoms with Crippen molar-refractivity contribution in [3.05, 3.63) is 65.5 Å². The molecule has 1 N–H and O–H groups in total. The minimum atomic E-state index is -0.148. The van der Waals surface area contributed by atoms with Crippen LogP contribution in [0.3, 0.4) is 0 Å². The van der Waals surface area contributed by atoms with Crippen LogP contribution in [0.1, 0.15) is 36.4 Å². The summed E-state index contributed by atoms with van der Waals surface area (Å²) >= 11 is 0. The van der Waals surface area contributed by atoms with Crippen molar-refractivity contribution in [1.29, 1.82) is 0 Å². The second-order valence-corrected chi connectivity index (χ2v) is 5.52. The molecule has 3 heteroatoms. The van der Waals surface area contributed by atoms with E-state index in [2.05, 4.69) is 11.4 Å². The highest BCUT2D eigenvalue weighted by atomic mass is 19.1. The van der Waals surface area contributed by atoms with Gasteiger partial charge in [-0.15, -0.1) is 0 Å². The van der Waals surface area contributed by atoms with Gasteiger partial charge in [0.2, 0.25) is 0 Å². The van der Waals surface area contributed by atoms with Gasteiger partial charge in [-0.05, 0) is 31.0 Å². The van der Waals surface area contributed by atoms with Crippen LogP contribution in [-0.4, -0.2) is 13.2 Å². The Balaban J connectivity index is 1.67. The fourth-order valence-electron chi connectivity index (χ4n) is 2.88. The summed E-state index contributed by atoms with van der Waals surface area (Å²) in [6.07, 6.45) is 0.994. The molecule has 0 aromatic heterocycles. The Morgan fingerprint density at radius 1 is 1.19 bits per heavy atom. The highest BCUT2D eigenvalue weighted by Crippen LogP contribution is 2.33. The van der Waals surface area contributed by atoms with Gasteiger partial charge in [0.1, 0.15) is 11.6 Å². The predicted molar refractivity (Wildman–Crippen MR) is 82.1 cm³/mol. The number of fused-ring (bicyclic) bond motifs is 1. The lowest BCUT2D eigenvalue weighted by Gasteiger charge is -2.27. The van der Waals surface area contributed by atoms with E-state index in [9.17, 15) is 4.39 Å². The average Bonchev–Trinajstić information content (AvgIpc) is 2.53. The van der Waals surface area contributed by atoms with Crippen molar-refractivity contribution in [3.8, 4) is 5.75 Å². The molecule has 2 aromatic rings. The number of hydrogen-bond donors (Lipinski definition) is 1. The van der Waals surface area contributed by atoms with Crippen molar-refractivity contribution < 1.29 is 9.13 Å². The first kappa shape index (κ1) is 14.1. The van der Waals surface area contributed by atoms with Crippen LogP contribution in [0.15, 0.2) is 48.5 Å². The zero-order valence-corrected chi connectivity index (χ0v) is 12.2. The van der Waals surface area contributed by atoms with Gasteiger partial charge in [-0.25, -0.2) is 4.39 Å². The van der Waals surface area contributed by atoms with E-state index in [1.54, 1.807) is 6.07 Å². The van der Waals surface area contributed by atoms with E-state index < -0.39 is 0 Å². The molecule has 0 saturated heterocycles. The number of nitrogens with one attached hydrogen (secondary N) is 1. The molecule has 0 saturated carbocycles. The quantitative estimate of drug-likeness (QED) is 0.915. The fraction of sp³-hybridized carbons (Fsp3) is 0.333. The molecule has 0 radical (unpaired) electrons. The monoisotopic (exact) mass is 285 g/mol. The zero-order valence-electron chi connectivity index (χ0n) is 12.2. The molecule has 2 atom stereocenters. The Kier molecular flexibility index (Phi) is 4.20. The molecule has 1 aliphatic rings. The van der Waals surface area contributed by atoms with Crippen molar-refractivity contribution in [1.82, 2.24) is 5.32 Å². The number of para-hydroxylation sites is 1. The Labute approximate surface area is 125 Å². The van der Waals surface area contributed by atoms with Crippen molar-refractivity contribution in [3.63, 3.8) is 0 Å². The Hall–Kier alpha value is -1.87. The van der Waals surface area contributed by atoms with Gasteiger partial charge in [0.05, 0.1) is 6.61 Å². The van der Waals surface area contributed by atoms with Crippen LogP contribution in [-0.2, 0) is 0 Å². The molecule has 0 amide bonds. The van der Waals surface area contributed by atoms with Crippen molar-refractivity contribution in [2.24, 2.45) is 0 Å². The summed E-state index contributed by atoms with van der Waals surface area (Å²) in [5, 5.41) is 3.45. The summed E-state index contributed by atoms with van der Waals surface area (Å²) in [5.74, 6) is 1.25. The van der Waals surface area contributed by atoms with E-state index >= 15 is 0 Å². The molecule has 110 valence electrons. The molecular formula is C18H20FNO. The number of rotatable bonds is 4. The number of ether oxygens (including phenoxy) is 1. The largest absolute Gasteiger partial charge is 0.493 e. The third-order valence-corrected chi connectivity index (χ3v) is 4.12. The van der Waals surface area contributed by atoms with Crippen LogP contribution in [0.2, 0.25) is 0 Å². The molecule has 0 aliphatic carbocycles. The van der Waals surface area contributed by atoms with Crippen LogP contribution in [0.25, 0.3) is 0 Å². The lowest BCUT2D eigenvalue weighted by Crippen LogP contribution is -2.28. The average molecular weight is 285 g/mol. The molecule has 2 nitrogen and oxygen atoms in total. The Morgan fingerprint density at radius 3 is 2.81 bits per heavy atom. The van der Waals surface area contributed by atoms with E-state index in [0.717, 1.165) is 30.9 Å². The van der Waals surface area contributed by atoms with Crippen LogP contribution in [0.4, 0.5) is 4.39 Å². The maximum absolute atomic E-state index is 13.8. The molecule has 0 fully saturated rings. The highest BCUT2D eigenvalue weighted by Gasteiger charge is 2.21. The van der Waals surface area contributed by atoms with E-state index in [4.69, 9.17) is 4.74 Å². The topological polar surface area (TPSA) is 21.3 Å². The van der Waals surface area contributed by atoms with Crippen molar-refractivity contribution >= 4 is 0 Å². The van der Waals surface area contributed by atoms with Gasteiger partial charge in [-0.1, -0.05) is 36.4 Å². The van der Waals surface area contributed by atoms with Gasteiger partial charge in [0.25, 0.3) is 0 Å². The van der Waals surface area contributed by atoms with Gasteiger partial charge < -0.3 is 10.1 Å². The summed E-state index contributed by atoms with van der Waals surface area (Å²) in [6.45, 7) is 3.58. The van der Waals surface area contributed by atoms with E-state index in [1.165, 1.54) is 11.6 Å². The normalized spacial score (nSPS) is 18.7. The predicted octanol–water partition coefficient (Wildman–Crippen LogP) is 4.04. The SMILES string of the molecule is C[C@@H](NCC1CCOc2ccccc21)c1ccccc1F. The van der Waals surface area contributed by atoms with Gasteiger partial charge in [-0.2, -0.15) is 0 Å². The highest BCUT2D eigenvalue weighted by molar-refractivity contribution is 5.38. The molecule has 0 spiro atoms. The number of halogens is 1. The molecule has 0 bridgehead atoms. The molecule has 2 aromatic carbocycles. The molecule has 21 heavy (non-hydrogen) atoms. The number of hydrogen-bond acceptors (Lipinski definition) is 2. The zero-order chi connectivity index (χ0) is 14.7. The third kappa shape index (κ3) is 3.08. The molecule has 1 heterocycles. The summed E-state index contributed by atoms with van der Waals surface area (Å²) in [6, 6.07) is 15.1. The summed E-state index contributed by atoms with van der Waals surface area (Å²) in [7, 11) is 0. The van der Waals surface area contributed by atoms with E-state index in [1.807, 2.05) is 37.3 Å². The van der Waals surface area contributed by atoms with Crippen LogP contribution >= 0.6 is 0 Å². The smallest absolute Gasteiger partial charge is 0.127 e. The summed E-state index contributed by atoms with van der Waals surface area (Å²) in [4.78, 5) is 0. The van der Waals surface area contributed by atoms with Crippen molar-refractivity contribution in [2.45, 2.75) is 25.3 Å². The lowest BCUT2D eigenvalue weighted by atomic mass is 9.92. The van der Waals surface area contributed by atoms with Gasteiger partial charge in [-0.3, -0.25) is 0 Å². The standard InChI is InChI=1S/C18H20FNO/c1-13(15-6-2-4-8-17(15)19)20-12-14-10-11-21-18-9-5-3-7-16(14)18/h2-9,13-14,20H,10-12H2,1H3/t13-,14?/m1/s1. The minimum absolute atomic E-state index is 0.00112.